The number of rotatable bonds is 10. The van der Waals surface area contributed by atoms with E-state index in [0.29, 0.717) is 13.0 Å². The highest BCUT2D eigenvalue weighted by molar-refractivity contribution is 5.89. The molecule has 3 rings (SSSR count). The molecule has 0 aliphatic rings. The second-order valence-electron chi connectivity index (χ2n) is 8.38. The first-order valence-corrected chi connectivity index (χ1v) is 11.6. The molecule has 1 aromatic heterocycles. The van der Waals surface area contributed by atoms with Crippen LogP contribution in [0.25, 0.3) is 11.0 Å². The lowest BCUT2D eigenvalue weighted by molar-refractivity contribution is -0.154. The van der Waals surface area contributed by atoms with Gasteiger partial charge in [-0.15, -0.1) is 0 Å². The number of aromatic hydroxyl groups is 1. The van der Waals surface area contributed by atoms with Gasteiger partial charge in [0.25, 0.3) is 5.76 Å². The van der Waals surface area contributed by atoms with Gasteiger partial charge in [0.2, 0.25) is 11.2 Å². The van der Waals surface area contributed by atoms with Gasteiger partial charge in [-0.2, -0.15) is 13.2 Å². The molecule has 0 fully saturated rings. The van der Waals surface area contributed by atoms with E-state index in [2.05, 4.69) is 0 Å². The van der Waals surface area contributed by atoms with Crippen molar-refractivity contribution in [1.82, 2.24) is 4.90 Å². The van der Waals surface area contributed by atoms with Crippen LogP contribution in [-0.4, -0.2) is 36.2 Å². The molecule has 0 aliphatic carbocycles. The lowest BCUT2D eigenvalue weighted by atomic mass is 10.1. The van der Waals surface area contributed by atoms with Crippen LogP contribution >= 0.6 is 0 Å². The van der Waals surface area contributed by atoms with Gasteiger partial charge < -0.3 is 23.9 Å². The fourth-order valence-electron chi connectivity index (χ4n) is 3.55. The molecule has 0 unspecified atom stereocenters. The summed E-state index contributed by atoms with van der Waals surface area (Å²) in [5.41, 5.74) is -1.12. The highest BCUT2D eigenvalue weighted by Crippen LogP contribution is 2.40. The standard InChI is InChI=1S/C26H28F3NO6/c1-4-6-13-30(3)15-19-20(31)12-11-18-21(32)23(24(26(27,28)29)36-22(18)19)35-17-9-7-16(8-10-17)25(33)34-14-5-2/h7-12,31H,4-6,13-15H2,1-3H3. The zero-order valence-electron chi connectivity index (χ0n) is 20.3. The molecule has 0 spiro atoms. The number of phenolic OH excluding ortho intramolecular Hbond substituents is 1. The number of ether oxygens (including phenoxy) is 2. The van der Waals surface area contributed by atoms with Gasteiger partial charge in [-0.1, -0.05) is 20.3 Å². The van der Waals surface area contributed by atoms with E-state index in [4.69, 9.17) is 13.9 Å². The third-order valence-corrected chi connectivity index (χ3v) is 5.42. The number of carbonyl (C=O) groups excluding carboxylic acids is 1. The van der Waals surface area contributed by atoms with Crippen molar-refractivity contribution in [2.45, 2.75) is 45.8 Å². The van der Waals surface area contributed by atoms with Gasteiger partial charge in [-0.3, -0.25) is 4.79 Å². The second kappa shape index (κ2) is 11.5. The molecule has 0 radical (unpaired) electrons. The van der Waals surface area contributed by atoms with Crippen molar-refractivity contribution >= 4 is 16.9 Å². The average Bonchev–Trinajstić information content (AvgIpc) is 2.84. The van der Waals surface area contributed by atoms with Crippen LogP contribution in [0.2, 0.25) is 0 Å². The van der Waals surface area contributed by atoms with Crippen LogP contribution in [0.3, 0.4) is 0 Å². The maximum absolute atomic E-state index is 14.0. The maximum Gasteiger partial charge on any atom is 0.453 e. The van der Waals surface area contributed by atoms with Crippen molar-refractivity contribution in [2.75, 3.05) is 20.2 Å². The highest BCUT2D eigenvalue weighted by atomic mass is 19.4. The molecular formula is C26H28F3NO6. The van der Waals surface area contributed by atoms with Crippen molar-refractivity contribution in [2.24, 2.45) is 0 Å². The van der Waals surface area contributed by atoms with E-state index in [-0.39, 0.29) is 46.7 Å². The van der Waals surface area contributed by atoms with Crippen LogP contribution in [0, 0.1) is 0 Å². The molecule has 194 valence electrons. The minimum atomic E-state index is -5.05. The molecule has 0 bridgehead atoms. The predicted octanol–water partition coefficient (Wildman–Crippen LogP) is 6.11. The number of phenols is 1. The summed E-state index contributed by atoms with van der Waals surface area (Å²) in [6.07, 6.45) is -2.64. The first-order chi connectivity index (χ1) is 17.1. The van der Waals surface area contributed by atoms with Gasteiger partial charge in [0.05, 0.1) is 23.1 Å². The molecule has 10 heteroatoms. The minimum absolute atomic E-state index is 0.0789. The van der Waals surface area contributed by atoms with Crippen LogP contribution < -0.4 is 10.2 Å². The number of hydrogen-bond donors (Lipinski definition) is 1. The molecule has 7 nitrogen and oxygen atoms in total. The SMILES string of the molecule is CCCCN(C)Cc1c(O)ccc2c(=O)c(Oc3ccc(C(=O)OCCC)cc3)c(C(F)(F)F)oc12. The Balaban J connectivity index is 2.05. The Morgan fingerprint density at radius 1 is 1.08 bits per heavy atom. The van der Waals surface area contributed by atoms with Crippen molar-refractivity contribution in [3.05, 3.63) is 63.5 Å². The van der Waals surface area contributed by atoms with E-state index in [0.717, 1.165) is 12.8 Å². The fraction of sp³-hybridized carbons (Fsp3) is 0.385. The molecule has 2 aromatic carbocycles. The Morgan fingerprint density at radius 2 is 1.78 bits per heavy atom. The summed E-state index contributed by atoms with van der Waals surface area (Å²) in [6, 6.07) is 7.62. The van der Waals surface area contributed by atoms with Crippen LogP contribution in [-0.2, 0) is 17.5 Å². The Kier molecular flexibility index (Phi) is 8.62. The van der Waals surface area contributed by atoms with Crippen molar-refractivity contribution in [3.63, 3.8) is 0 Å². The summed E-state index contributed by atoms with van der Waals surface area (Å²) >= 11 is 0. The van der Waals surface area contributed by atoms with Crippen LogP contribution in [0.15, 0.2) is 45.6 Å². The number of carbonyl (C=O) groups is 1. The Hall–Kier alpha value is -3.53. The maximum atomic E-state index is 14.0. The van der Waals surface area contributed by atoms with E-state index < -0.39 is 29.1 Å². The fourth-order valence-corrected chi connectivity index (χ4v) is 3.55. The lowest BCUT2D eigenvalue weighted by Gasteiger charge is -2.19. The largest absolute Gasteiger partial charge is 0.507 e. The smallest absolute Gasteiger partial charge is 0.453 e. The molecule has 0 aliphatic heterocycles. The summed E-state index contributed by atoms with van der Waals surface area (Å²) < 4.78 is 57.5. The molecule has 1 N–H and O–H groups in total. The van der Waals surface area contributed by atoms with Crippen molar-refractivity contribution < 1.29 is 37.0 Å². The van der Waals surface area contributed by atoms with Crippen LogP contribution in [0.5, 0.6) is 17.2 Å². The third kappa shape index (κ3) is 6.17. The molecule has 0 saturated heterocycles. The number of unbranched alkanes of at least 4 members (excludes halogenated alkanes) is 1. The zero-order chi connectivity index (χ0) is 26.5. The number of alkyl halides is 3. The first-order valence-electron chi connectivity index (χ1n) is 11.6. The summed E-state index contributed by atoms with van der Waals surface area (Å²) in [6.45, 7) is 4.80. The topological polar surface area (TPSA) is 89.2 Å². The van der Waals surface area contributed by atoms with Gasteiger partial charge in [-0.25, -0.2) is 4.79 Å². The Bertz CT molecular complexity index is 1270. The van der Waals surface area contributed by atoms with Crippen molar-refractivity contribution in [1.29, 1.82) is 0 Å². The number of benzene rings is 2. The summed E-state index contributed by atoms with van der Waals surface area (Å²) in [5.74, 6) is -3.61. The van der Waals surface area contributed by atoms with E-state index in [1.807, 2.05) is 18.7 Å². The number of nitrogens with zero attached hydrogens (tertiary/aromatic N) is 1. The summed E-state index contributed by atoms with van der Waals surface area (Å²) in [4.78, 5) is 26.9. The molecule has 0 saturated carbocycles. The number of esters is 1. The Morgan fingerprint density at radius 3 is 2.39 bits per heavy atom. The number of hydrogen-bond acceptors (Lipinski definition) is 7. The van der Waals surface area contributed by atoms with Crippen molar-refractivity contribution in [3.8, 4) is 17.2 Å². The zero-order valence-corrected chi connectivity index (χ0v) is 20.3. The molecule has 1 heterocycles. The van der Waals surface area contributed by atoms with E-state index in [1.165, 1.54) is 36.4 Å². The van der Waals surface area contributed by atoms with E-state index in [9.17, 15) is 27.9 Å². The summed E-state index contributed by atoms with van der Waals surface area (Å²) in [5, 5.41) is 10.2. The van der Waals surface area contributed by atoms with Crippen LogP contribution in [0.4, 0.5) is 13.2 Å². The normalized spacial score (nSPS) is 11.8. The second-order valence-corrected chi connectivity index (χ2v) is 8.38. The minimum Gasteiger partial charge on any atom is -0.507 e. The molecule has 0 amide bonds. The lowest BCUT2D eigenvalue weighted by Crippen LogP contribution is -2.20. The van der Waals surface area contributed by atoms with E-state index >= 15 is 0 Å². The molecule has 36 heavy (non-hydrogen) atoms. The van der Waals surface area contributed by atoms with Gasteiger partial charge in [-0.05, 0) is 62.8 Å². The predicted molar refractivity (Wildman–Crippen MR) is 127 cm³/mol. The van der Waals surface area contributed by atoms with Gasteiger partial charge in [0, 0.05) is 6.54 Å². The molecular weight excluding hydrogens is 479 g/mol. The third-order valence-electron chi connectivity index (χ3n) is 5.42. The molecule has 0 atom stereocenters. The van der Waals surface area contributed by atoms with E-state index in [1.54, 1.807) is 7.05 Å². The van der Waals surface area contributed by atoms with Gasteiger partial charge >= 0.3 is 12.1 Å². The van der Waals surface area contributed by atoms with Gasteiger partial charge in [0.15, 0.2) is 0 Å². The first kappa shape index (κ1) is 27.1. The molecule has 3 aromatic rings. The number of fused-ring (bicyclic) bond motifs is 1. The average molecular weight is 508 g/mol. The Labute approximate surface area is 206 Å². The summed E-state index contributed by atoms with van der Waals surface area (Å²) in [7, 11) is 1.76. The highest BCUT2D eigenvalue weighted by Gasteiger charge is 2.41. The number of halogens is 3. The van der Waals surface area contributed by atoms with Crippen LogP contribution in [0.1, 0.15) is 54.8 Å². The monoisotopic (exact) mass is 507 g/mol. The quantitative estimate of drug-likeness (QED) is 0.331. The van der Waals surface area contributed by atoms with Gasteiger partial charge in [0.1, 0.15) is 17.1 Å².